The molecule has 0 aliphatic carbocycles. The number of hydrogen-bond donors (Lipinski definition) is 1. The molecule has 0 atom stereocenters. The molecule has 1 aromatic rings. The average molecular weight is 206 g/mol. The van der Waals surface area contributed by atoms with E-state index in [4.69, 9.17) is 10.8 Å². The second-order valence-electron chi connectivity index (χ2n) is 3.41. The molecule has 0 saturated carbocycles. The highest BCUT2D eigenvalue weighted by Crippen LogP contribution is 2.12. The summed E-state index contributed by atoms with van der Waals surface area (Å²) in [4.78, 5) is 2.16. The van der Waals surface area contributed by atoms with Crippen molar-refractivity contribution in [1.29, 1.82) is 0 Å². The molecule has 0 saturated heterocycles. The molecule has 1 heterocycles. The monoisotopic (exact) mass is 206 g/mol. The van der Waals surface area contributed by atoms with E-state index >= 15 is 0 Å². The molecule has 1 aromatic heterocycles. The molecule has 0 radical (unpaired) electrons. The first-order chi connectivity index (χ1) is 7.31. The van der Waals surface area contributed by atoms with E-state index in [1.165, 1.54) is 5.56 Å². The topological polar surface area (TPSA) is 28.4 Å². The Morgan fingerprint density at radius 2 is 2.40 bits per heavy atom. The minimum absolute atomic E-state index is 0.663. The van der Waals surface area contributed by atoms with E-state index in [0.29, 0.717) is 6.54 Å². The minimum atomic E-state index is 0.663. The Balaban J connectivity index is 2.62. The maximum Gasteiger partial charge on any atom is 0.122 e. The van der Waals surface area contributed by atoms with Crippen molar-refractivity contribution in [3.8, 4) is 12.3 Å². The second-order valence-corrected chi connectivity index (χ2v) is 3.41. The molecular weight excluding hydrogens is 188 g/mol. The fourth-order valence-corrected chi connectivity index (χ4v) is 1.47. The van der Waals surface area contributed by atoms with Crippen LogP contribution in [0, 0.1) is 12.3 Å². The number of nitrogens with one attached hydrogen (secondary N) is 1. The Kier molecular flexibility index (Phi) is 4.96. The van der Waals surface area contributed by atoms with Crippen LogP contribution in [0.2, 0.25) is 0 Å². The fraction of sp³-hybridized carbons (Fsp3) is 0.500. The van der Waals surface area contributed by atoms with Gasteiger partial charge >= 0.3 is 0 Å². The van der Waals surface area contributed by atoms with Gasteiger partial charge in [0.2, 0.25) is 0 Å². The van der Waals surface area contributed by atoms with Gasteiger partial charge in [-0.05, 0) is 19.7 Å². The Bertz CT molecular complexity index is 325. The molecule has 3 nitrogen and oxygen atoms in total. The van der Waals surface area contributed by atoms with Crippen molar-refractivity contribution in [1.82, 2.24) is 10.2 Å². The van der Waals surface area contributed by atoms with Crippen LogP contribution in [0.4, 0.5) is 0 Å². The van der Waals surface area contributed by atoms with E-state index in [1.54, 1.807) is 6.26 Å². The summed E-state index contributed by atoms with van der Waals surface area (Å²) in [6, 6.07) is 2.00. The molecule has 3 heteroatoms. The number of hydrogen-bond acceptors (Lipinski definition) is 3. The largest absolute Gasteiger partial charge is 0.468 e. The molecule has 82 valence electrons. The van der Waals surface area contributed by atoms with Gasteiger partial charge in [-0.25, -0.2) is 0 Å². The number of terminal acetylenes is 1. The number of furan rings is 1. The summed E-state index contributed by atoms with van der Waals surface area (Å²) in [7, 11) is 1.93. The zero-order chi connectivity index (χ0) is 11.1. The summed E-state index contributed by atoms with van der Waals surface area (Å²) in [5.74, 6) is 3.65. The van der Waals surface area contributed by atoms with Crippen LogP contribution in [0.3, 0.4) is 0 Å². The maximum absolute atomic E-state index is 5.45. The second kappa shape index (κ2) is 6.28. The van der Waals surface area contributed by atoms with Crippen LogP contribution in [0.1, 0.15) is 18.2 Å². The molecule has 0 aromatic carbocycles. The van der Waals surface area contributed by atoms with E-state index in [1.807, 2.05) is 13.1 Å². The van der Waals surface area contributed by atoms with Gasteiger partial charge < -0.3 is 9.73 Å². The number of rotatable bonds is 6. The molecule has 0 aliphatic rings. The van der Waals surface area contributed by atoms with Gasteiger partial charge in [0.1, 0.15) is 5.76 Å². The maximum atomic E-state index is 5.45. The van der Waals surface area contributed by atoms with Crippen LogP contribution < -0.4 is 5.32 Å². The van der Waals surface area contributed by atoms with Gasteiger partial charge in [0, 0.05) is 12.1 Å². The molecule has 0 fully saturated rings. The normalized spacial score (nSPS) is 10.5. The van der Waals surface area contributed by atoms with Gasteiger partial charge in [0.15, 0.2) is 0 Å². The van der Waals surface area contributed by atoms with Gasteiger partial charge in [-0.3, -0.25) is 4.90 Å². The third-order valence-corrected chi connectivity index (χ3v) is 2.33. The van der Waals surface area contributed by atoms with Gasteiger partial charge in [-0.2, -0.15) is 0 Å². The molecule has 0 unspecified atom stereocenters. The molecule has 0 amide bonds. The Labute approximate surface area is 91.5 Å². The average Bonchev–Trinajstić information content (AvgIpc) is 2.66. The van der Waals surface area contributed by atoms with Crippen molar-refractivity contribution in [2.45, 2.75) is 20.0 Å². The van der Waals surface area contributed by atoms with Crippen molar-refractivity contribution in [2.75, 3.05) is 20.1 Å². The highest BCUT2D eigenvalue weighted by Gasteiger charge is 2.09. The van der Waals surface area contributed by atoms with Crippen LogP contribution in [-0.4, -0.2) is 25.0 Å². The summed E-state index contributed by atoms with van der Waals surface area (Å²) in [6.45, 7) is 5.31. The Morgan fingerprint density at radius 1 is 1.60 bits per heavy atom. The van der Waals surface area contributed by atoms with Crippen LogP contribution >= 0.6 is 0 Å². The van der Waals surface area contributed by atoms with Crippen molar-refractivity contribution in [3.05, 3.63) is 23.7 Å². The molecule has 15 heavy (non-hydrogen) atoms. The predicted octanol–water partition coefficient (Wildman–Crippen LogP) is 1.45. The van der Waals surface area contributed by atoms with Gasteiger partial charge in [0.05, 0.1) is 19.4 Å². The van der Waals surface area contributed by atoms with Crippen LogP contribution in [0.25, 0.3) is 0 Å². The predicted molar refractivity (Wildman–Crippen MR) is 61.3 cm³/mol. The zero-order valence-corrected chi connectivity index (χ0v) is 9.42. The smallest absolute Gasteiger partial charge is 0.122 e. The van der Waals surface area contributed by atoms with Crippen molar-refractivity contribution in [3.63, 3.8) is 0 Å². The molecule has 0 bridgehead atoms. The van der Waals surface area contributed by atoms with E-state index in [-0.39, 0.29) is 0 Å². The highest BCUT2D eigenvalue weighted by molar-refractivity contribution is 5.16. The lowest BCUT2D eigenvalue weighted by molar-refractivity contribution is 0.283. The molecular formula is C12H18N2O. The SMILES string of the molecule is C#CCN(CC)Cc1occc1CNC. The van der Waals surface area contributed by atoms with E-state index < -0.39 is 0 Å². The molecule has 0 spiro atoms. The lowest BCUT2D eigenvalue weighted by atomic mass is 10.2. The van der Waals surface area contributed by atoms with Gasteiger partial charge in [-0.1, -0.05) is 12.8 Å². The molecule has 1 rings (SSSR count). The summed E-state index contributed by atoms with van der Waals surface area (Å²) < 4.78 is 5.45. The molecule has 1 N–H and O–H groups in total. The summed E-state index contributed by atoms with van der Waals surface area (Å²) in [5, 5.41) is 3.11. The lowest BCUT2D eigenvalue weighted by Gasteiger charge is -2.16. The van der Waals surface area contributed by atoms with Crippen LogP contribution in [0.5, 0.6) is 0 Å². The van der Waals surface area contributed by atoms with E-state index in [9.17, 15) is 0 Å². The number of nitrogens with zero attached hydrogens (tertiary/aromatic N) is 1. The Morgan fingerprint density at radius 3 is 3.00 bits per heavy atom. The summed E-state index contributed by atoms with van der Waals surface area (Å²) in [6.07, 6.45) is 7.02. The molecule has 0 aliphatic heterocycles. The quantitative estimate of drug-likeness (QED) is 0.714. The van der Waals surface area contributed by atoms with Crippen LogP contribution in [-0.2, 0) is 13.1 Å². The lowest BCUT2D eigenvalue weighted by Crippen LogP contribution is -2.23. The van der Waals surface area contributed by atoms with E-state index in [2.05, 4.69) is 23.1 Å². The highest BCUT2D eigenvalue weighted by atomic mass is 16.3. The third-order valence-electron chi connectivity index (χ3n) is 2.33. The first kappa shape index (κ1) is 11.8. The Hall–Kier alpha value is -1.24. The van der Waals surface area contributed by atoms with E-state index in [0.717, 1.165) is 25.4 Å². The third kappa shape index (κ3) is 3.43. The van der Waals surface area contributed by atoms with Crippen molar-refractivity contribution < 1.29 is 4.42 Å². The standard InChI is InChI=1S/C12H18N2O/c1-4-7-14(5-2)10-12-11(9-13-3)6-8-15-12/h1,6,8,13H,5,7,9-10H2,2-3H3. The summed E-state index contributed by atoms with van der Waals surface area (Å²) >= 11 is 0. The first-order valence-electron chi connectivity index (χ1n) is 5.17. The van der Waals surface area contributed by atoms with Crippen molar-refractivity contribution >= 4 is 0 Å². The zero-order valence-electron chi connectivity index (χ0n) is 9.42. The van der Waals surface area contributed by atoms with Crippen LogP contribution in [0.15, 0.2) is 16.7 Å². The summed E-state index contributed by atoms with van der Waals surface area (Å²) in [5.41, 5.74) is 1.20. The first-order valence-corrected chi connectivity index (χ1v) is 5.17. The van der Waals surface area contributed by atoms with Crippen molar-refractivity contribution in [2.24, 2.45) is 0 Å². The fourth-order valence-electron chi connectivity index (χ4n) is 1.47. The minimum Gasteiger partial charge on any atom is -0.468 e. The van der Waals surface area contributed by atoms with Gasteiger partial charge in [0.25, 0.3) is 0 Å². The van der Waals surface area contributed by atoms with Gasteiger partial charge in [-0.15, -0.1) is 6.42 Å².